The molecule has 0 bridgehead atoms. The number of nitrogens with zero attached hydrogens (tertiary/aromatic N) is 4. The molecule has 234 valence electrons. The maximum Gasteiger partial charge on any atom is 0.270 e. The van der Waals surface area contributed by atoms with Crippen LogP contribution in [-0.2, 0) is 5.41 Å². The van der Waals surface area contributed by atoms with Crippen molar-refractivity contribution in [2.75, 3.05) is 9.80 Å². The van der Waals surface area contributed by atoms with Gasteiger partial charge in [0.25, 0.3) is 35.0 Å². The summed E-state index contributed by atoms with van der Waals surface area (Å²) in [5.41, 5.74) is 1.82. The van der Waals surface area contributed by atoms with Gasteiger partial charge in [0.15, 0.2) is 0 Å². The molecule has 48 heavy (non-hydrogen) atoms. The van der Waals surface area contributed by atoms with Crippen LogP contribution >= 0.6 is 0 Å². The van der Waals surface area contributed by atoms with Gasteiger partial charge in [-0.3, -0.25) is 39.4 Å². The van der Waals surface area contributed by atoms with Gasteiger partial charge in [-0.1, -0.05) is 54.6 Å². The summed E-state index contributed by atoms with van der Waals surface area (Å²) < 4.78 is 0. The molecule has 0 saturated carbocycles. The van der Waals surface area contributed by atoms with E-state index in [0.29, 0.717) is 11.4 Å². The van der Waals surface area contributed by atoms with Gasteiger partial charge in [-0.2, -0.15) is 0 Å². The molecule has 0 radical (unpaired) electrons. The van der Waals surface area contributed by atoms with Crippen LogP contribution in [0, 0.1) is 20.2 Å². The maximum absolute atomic E-state index is 13.2. The summed E-state index contributed by atoms with van der Waals surface area (Å²) in [5.74, 6) is -2.48. The Morgan fingerprint density at radius 1 is 0.479 bits per heavy atom. The van der Waals surface area contributed by atoms with Crippen molar-refractivity contribution in [1.29, 1.82) is 0 Å². The first-order valence-corrected chi connectivity index (χ1v) is 14.6. The van der Waals surface area contributed by atoms with Crippen molar-refractivity contribution in [3.63, 3.8) is 0 Å². The molecule has 0 unspecified atom stereocenters. The molecule has 12 nitrogen and oxygen atoms in total. The van der Waals surface area contributed by atoms with Crippen LogP contribution in [0.25, 0.3) is 0 Å². The van der Waals surface area contributed by atoms with Crippen LogP contribution in [0.4, 0.5) is 22.7 Å². The zero-order valence-electron chi connectivity index (χ0n) is 25.0. The average Bonchev–Trinajstić information content (AvgIpc) is 3.51. The van der Waals surface area contributed by atoms with E-state index in [0.717, 1.165) is 38.6 Å². The molecule has 0 N–H and O–H groups in total. The predicted octanol–water partition coefficient (Wildman–Crippen LogP) is 6.46. The molecule has 5 aromatic carbocycles. The zero-order valence-corrected chi connectivity index (χ0v) is 25.0. The highest BCUT2D eigenvalue weighted by molar-refractivity contribution is 6.35. The fourth-order valence-electron chi connectivity index (χ4n) is 6.31. The Balaban J connectivity index is 1.23. The monoisotopic (exact) mass is 638 g/mol. The predicted molar refractivity (Wildman–Crippen MR) is 173 cm³/mol. The number of fused-ring (bicyclic) bond motifs is 2. The lowest BCUT2D eigenvalue weighted by Gasteiger charge is -2.32. The van der Waals surface area contributed by atoms with Crippen molar-refractivity contribution in [2.45, 2.75) is 12.3 Å². The van der Waals surface area contributed by atoms with Gasteiger partial charge in [-0.15, -0.1) is 0 Å². The van der Waals surface area contributed by atoms with Crippen molar-refractivity contribution >= 4 is 46.4 Å². The molecule has 0 atom stereocenters. The molecule has 0 saturated heterocycles. The smallest absolute Gasteiger partial charge is 0.268 e. The number of benzene rings is 5. The van der Waals surface area contributed by atoms with E-state index >= 15 is 0 Å². The number of nitro benzene ring substituents is 2. The summed E-state index contributed by atoms with van der Waals surface area (Å²) in [4.78, 5) is 76.0. The van der Waals surface area contributed by atoms with Gasteiger partial charge < -0.3 is 0 Å². The second-order valence-corrected chi connectivity index (χ2v) is 11.5. The summed E-state index contributed by atoms with van der Waals surface area (Å²) >= 11 is 0. The van der Waals surface area contributed by atoms with Gasteiger partial charge in [0.1, 0.15) is 0 Å². The first kappa shape index (κ1) is 29.9. The van der Waals surface area contributed by atoms with E-state index in [1.54, 1.807) is 48.5 Å². The molecule has 12 heteroatoms. The number of hydrogen-bond acceptors (Lipinski definition) is 8. The van der Waals surface area contributed by atoms with Crippen molar-refractivity contribution in [3.05, 3.63) is 174 Å². The van der Waals surface area contributed by atoms with Crippen LogP contribution in [0.5, 0.6) is 0 Å². The van der Waals surface area contributed by atoms with Crippen molar-refractivity contribution in [3.8, 4) is 0 Å². The minimum absolute atomic E-state index is 0.0382. The number of rotatable bonds is 7. The van der Waals surface area contributed by atoms with Crippen LogP contribution < -0.4 is 9.80 Å². The van der Waals surface area contributed by atoms with Crippen molar-refractivity contribution in [1.82, 2.24) is 0 Å². The number of nitro groups is 2. The molecule has 7 rings (SSSR count). The standard InChI is InChI=1S/C36H22N4O8/c1-36(21-5-3-2-4-6-21,22-7-11-24(12-8-22)37-32(41)28-17-15-26(39(45)46)19-30(28)34(37)43)23-9-13-25(14-10-23)38-33(42)29-18-16-27(40(47)48)20-31(29)35(38)44/h2-20H,1H3. The van der Waals surface area contributed by atoms with E-state index in [-0.39, 0.29) is 33.6 Å². The average molecular weight is 639 g/mol. The Morgan fingerprint density at radius 3 is 1.21 bits per heavy atom. The summed E-state index contributed by atoms with van der Waals surface area (Å²) in [6.07, 6.45) is 0. The Kier molecular flexibility index (Phi) is 6.79. The largest absolute Gasteiger partial charge is 0.270 e. The van der Waals surface area contributed by atoms with Crippen LogP contribution in [0.15, 0.2) is 115 Å². The van der Waals surface area contributed by atoms with E-state index in [1.807, 2.05) is 37.3 Å². The Morgan fingerprint density at radius 2 is 0.833 bits per heavy atom. The second kappa shape index (κ2) is 10.9. The molecular weight excluding hydrogens is 616 g/mol. The number of carbonyl (C=O) groups excluding carboxylic acids is 4. The lowest BCUT2D eigenvalue weighted by Crippen LogP contribution is -2.30. The van der Waals surface area contributed by atoms with Gasteiger partial charge in [-0.05, 0) is 60.0 Å². The molecule has 0 aliphatic carbocycles. The first-order chi connectivity index (χ1) is 23.0. The van der Waals surface area contributed by atoms with Gasteiger partial charge in [-0.25, -0.2) is 9.80 Å². The Labute approximate surface area is 271 Å². The Hall–Kier alpha value is -6.82. The van der Waals surface area contributed by atoms with Crippen LogP contribution in [0.2, 0.25) is 0 Å². The highest BCUT2D eigenvalue weighted by Crippen LogP contribution is 2.41. The normalized spacial score (nSPS) is 13.9. The topological polar surface area (TPSA) is 161 Å². The number of non-ortho nitro benzene ring substituents is 2. The van der Waals surface area contributed by atoms with Gasteiger partial charge in [0, 0.05) is 29.7 Å². The molecule has 0 spiro atoms. The van der Waals surface area contributed by atoms with Gasteiger partial charge >= 0.3 is 0 Å². The minimum Gasteiger partial charge on any atom is -0.268 e. The third-order valence-corrected chi connectivity index (χ3v) is 8.92. The molecule has 5 aromatic rings. The minimum atomic E-state index is -0.788. The lowest BCUT2D eigenvalue weighted by atomic mass is 9.71. The fraction of sp³-hybridized carbons (Fsp3) is 0.0556. The maximum atomic E-state index is 13.2. The summed E-state index contributed by atoms with van der Waals surface area (Å²) in [7, 11) is 0. The third kappa shape index (κ3) is 4.46. The van der Waals surface area contributed by atoms with E-state index < -0.39 is 38.9 Å². The van der Waals surface area contributed by atoms with E-state index in [4.69, 9.17) is 0 Å². The first-order valence-electron chi connectivity index (χ1n) is 14.6. The lowest BCUT2D eigenvalue weighted by molar-refractivity contribution is -0.385. The molecule has 4 amide bonds. The molecule has 2 aliphatic rings. The van der Waals surface area contributed by atoms with E-state index in [1.165, 1.54) is 24.3 Å². The number of hydrogen-bond donors (Lipinski definition) is 0. The van der Waals surface area contributed by atoms with Crippen LogP contribution in [0.1, 0.15) is 65.0 Å². The number of amides is 4. The molecular formula is C36H22N4O8. The number of imide groups is 2. The third-order valence-electron chi connectivity index (χ3n) is 8.92. The second-order valence-electron chi connectivity index (χ2n) is 11.5. The van der Waals surface area contributed by atoms with E-state index in [2.05, 4.69) is 0 Å². The summed E-state index contributed by atoms with van der Waals surface area (Å²) in [6, 6.07) is 30.4. The summed E-state index contributed by atoms with van der Waals surface area (Å²) in [5, 5.41) is 22.5. The zero-order chi connectivity index (χ0) is 33.9. The molecule has 2 heterocycles. The molecule has 0 fully saturated rings. The van der Waals surface area contributed by atoms with Crippen LogP contribution in [0.3, 0.4) is 0 Å². The van der Waals surface area contributed by atoms with Gasteiger partial charge in [0.2, 0.25) is 0 Å². The fourth-order valence-corrected chi connectivity index (χ4v) is 6.31. The van der Waals surface area contributed by atoms with Crippen molar-refractivity contribution in [2.24, 2.45) is 0 Å². The quantitative estimate of drug-likeness (QED) is 0.0849. The SMILES string of the molecule is CC(c1ccccc1)(c1ccc(N2C(=O)c3ccc([N+](=O)[O-])cc3C2=O)cc1)c1ccc(N2C(=O)c3ccc([N+](=O)[O-])cc3C2=O)cc1. The molecule has 2 aliphatic heterocycles. The number of anilines is 2. The highest BCUT2D eigenvalue weighted by Gasteiger charge is 2.40. The molecule has 0 aromatic heterocycles. The van der Waals surface area contributed by atoms with Crippen LogP contribution in [-0.4, -0.2) is 33.5 Å². The van der Waals surface area contributed by atoms with Gasteiger partial charge in [0.05, 0.1) is 43.5 Å². The number of carbonyl (C=O) groups is 4. The Bertz CT molecular complexity index is 2090. The van der Waals surface area contributed by atoms with E-state index in [9.17, 15) is 39.4 Å². The summed E-state index contributed by atoms with van der Waals surface area (Å²) in [6.45, 7) is 1.99. The highest BCUT2D eigenvalue weighted by atomic mass is 16.6. The van der Waals surface area contributed by atoms with Crippen molar-refractivity contribution < 1.29 is 29.0 Å².